The summed E-state index contributed by atoms with van der Waals surface area (Å²) in [6.45, 7) is 0.712. The molecular weight excluding hydrogens is 229 g/mol. The van der Waals surface area contributed by atoms with Gasteiger partial charge in [-0.1, -0.05) is 0 Å². The number of halogens is 3. The van der Waals surface area contributed by atoms with Crippen molar-refractivity contribution in [2.75, 3.05) is 0 Å². The quantitative estimate of drug-likeness (QED) is 0.269. The molecular formula is C4H7F3N2O6. The molecule has 0 aromatic rings. The minimum absolute atomic E-state index is 0. The molecule has 0 aromatic carbocycles. The van der Waals surface area contributed by atoms with Crippen LogP contribution in [0.25, 0.3) is 0 Å². The molecule has 0 fully saturated rings. The van der Waals surface area contributed by atoms with Gasteiger partial charge in [0.05, 0.1) is 0 Å². The van der Waals surface area contributed by atoms with Gasteiger partial charge in [-0.3, -0.25) is 4.79 Å². The zero-order valence-corrected chi connectivity index (χ0v) is 7.28. The second kappa shape index (κ2) is 7.49. The number of carbonyl (C=O) groups is 2. The van der Waals surface area contributed by atoms with E-state index in [1.807, 2.05) is 0 Å². The van der Waals surface area contributed by atoms with Crippen molar-refractivity contribution in [1.29, 1.82) is 0 Å². The van der Waals surface area contributed by atoms with E-state index in [1.54, 1.807) is 0 Å². The highest BCUT2D eigenvalue weighted by atomic mass is 19.4. The van der Waals surface area contributed by atoms with Gasteiger partial charge in [0.2, 0.25) is 0 Å². The molecule has 0 heterocycles. The average molecular weight is 236 g/mol. The van der Waals surface area contributed by atoms with E-state index in [-0.39, 0.29) is 6.15 Å². The van der Waals surface area contributed by atoms with Crippen LogP contribution in [0.2, 0.25) is 0 Å². The molecule has 0 unspecified atom stereocenters. The summed E-state index contributed by atoms with van der Waals surface area (Å²) in [5.74, 6) is -3.76. The van der Waals surface area contributed by atoms with Crippen LogP contribution < -0.4 is 6.15 Å². The van der Waals surface area contributed by atoms with E-state index in [0.29, 0.717) is 6.92 Å². The topological polar surface area (TPSA) is 142 Å². The summed E-state index contributed by atoms with van der Waals surface area (Å²) in [6.07, 6.45) is -5.09. The number of alkyl halides is 3. The molecule has 90 valence electrons. The first-order valence-corrected chi connectivity index (χ1v) is 2.70. The second-order valence-corrected chi connectivity index (χ2v) is 1.62. The Hall–Kier alpha value is -1.91. The molecule has 0 aliphatic carbocycles. The molecule has 15 heavy (non-hydrogen) atoms. The Labute approximate surface area is 80.3 Å². The highest BCUT2D eigenvalue weighted by Gasteiger charge is 2.41. The normalized spacial score (nSPS) is 8.80. The van der Waals surface area contributed by atoms with Gasteiger partial charge in [0.1, 0.15) is 0 Å². The number of carbonyl (C=O) groups excluding carboxylic acids is 2. The van der Waals surface area contributed by atoms with E-state index < -0.39 is 23.2 Å². The largest absolute Gasteiger partial charge is 0.491 e. The molecule has 0 bridgehead atoms. The molecule has 0 radical (unpaired) electrons. The first-order chi connectivity index (χ1) is 6.07. The van der Waals surface area contributed by atoms with Gasteiger partial charge in [-0.2, -0.15) is 13.2 Å². The average Bonchev–Trinajstić information content (AvgIpc) is 1.81. The Morgan fingerprint density at radius 2 is 1.67 bits per heavy atom. The van der Waals surface area contributed by atoms with Crippen molar-refractivity contribution in [3.63, 3.8) is 0 Å². The third-order valence-electron chi connectivity index (χ3n) is 0.468. The number of hydrogen-bond donors (Lipinski definition) is 2. The second-order valence-electron chi connectivity index (χ2n) is 1.62. The maximum atomic E-state index is 11.2. The fraction of sp³-hybridized carbons (Fsp3) is 0.500. The van der Waals surface area contributed by atoms with Crippen LogP contribution in [0.1, 0.15) is 6.92 Å². The number of ether oxygens (including phenoxy) is 1. The number of nitrogens with zero attached hydrogens (tertiary/aromatic N) is 1. The predicted octanol–water partition coefficient (Wildman–Crippen LogP) is 0.453. The minimum Gasteiger partial charge on any atom is -0.387 e. The van der Waals surface area contributed by atoms with E-state index in [0.717, 1.165) is 0 Å². The Kier molecular flexibility index (Phi) is 9.38. The van der Waals surface area contributed by atoms with Gasteiger partial charge in [-0.25, -0.2) is 4.79 Å². The lowest BCUT2D eigenvalue weighted by molar-refractivity contribution is -0.742. The highest BCUT2D eigenvalue weighted by molar-refractivity contribution is 5.87. The Morgan fingerprint density at radius 3 is 1.73 bits per heavy atom. The van der Waals surface area contributed by atoms with Crippen LogP contribution >= 0.6 is 0 Å². The summed E-state index contributed by atoms with van der Waals surface area (Å²) in [6, 6.07) is 0. The number of hydrogen-bond acceptors (Lipinski definition) is 6. The molecule has 0 spiro atoms. The zero-order chi connectivity index (χ0) is 11.9. The molecule has 0 aliphatic rings. The summed E-state index contributed by atoms with van der Waals surface area (Å²) in [4.78, 5) is 27.8. The highest BCUT2D eigenvalue weighted by Crippen LogP contribution is 2.16. The maximum absolute atomic E-state index is 11.2. The first-order valence-electron chi connectivity index (χ1n) is 2.70. The van der Waals surface area contributed by atoms with Gasteiger partial charge < -0.3 is 16.1 Å². The monoisotopic (exact) mass is 236 g/mol. The standard InChI is InChI=1S/C4H3F3O3.HNO3.H3N/c1-2(8)10-3(9)4(5,6)7;2-1(3)4;/h1H3;(H,2,3,4);1H3. The van der Waals surface area contributed by atoms with E-state index in [1.165, 1.54) is 0 Å². The van der Waals surface area contributed by atoms with Crippen LogP contribution in [0.4, 0.5) is 13.2 Å². The van der Waals surface area contributed by atoms with E-state index >= 15 is 0 Å². The van der Waals surface area contributed by atoms with Gasteiger partial charge in [0.25, 0.3) is 5.09 Å². The molecule has 0 saturated carbocycles. The summed E-state index contributed by atoms with van der Waals surface area (Å²) in [5, 5.41) is 13.6. The maximum Gasteiger partial charge on any atom is 0.491 e. The molecule has 0 rings (SSSR count). The van der Waals surface area contributed by atoms with Gasteiger partial charge >= 0.3 is 18.1 Å². The van der Waals surface area contributed by atoms with E-state index in [2.05, 4.69) is 4.74 Å². The zero-order valence-electron chi connectivity index (χ0n) is 7.28. The minimum atomic E-state index is -5.09. The smallest absolute Gasteiger partial charge is 0.387 e. The van der Waals surface area contributed by atoms with Crippen LogP contribution in [0.15, 0.2) is 0 Å². The van der Waals surface area contributed by atoms with Gasteiger partial charge in [-0.05, 0) is 0 Å². The van der Waals surface area contributed by atoms with Crippen molar-refractivity contribution in [2.45, 2.75) is 13.1 Å². The van der Waals surface area contributed by atoms with Crippen LogP contribution in [-0.4, -0.2) is 28.4 Å². The predicted molar refractivity (Wildman–Crippen MR) is 36.6 cm³/mol. The fourth-order valence-electron chi connectivity index (χ4n) is 0.188. The molecule has 0 atom stereocenters. The molecule has 0 saturated heterocycles. The Bertz CT molecular complexity index is 235. The summed E-state index contributed by atoms with van der Waals surface area (Å²) in [5.41, 5.74) is 0. The molecule has 4 N–H and O–H groups in total. The summed E-state index contributed by atoms with van der Waals surface area (Å²) >= 11 is 0. The van der Waals surface area contributed by atoms with Crippen LogP contribution in [-0.2, 0) is 14.3 Å². The van der Waals surface area contributed by atoms with Crippen molar-refractivity contribution in [2.24, 2.45) is 0 Å². The molecule has 11 heteroatoms. The van der Waals surface area contributed by atoms with Gasteiger partial charge in [-0.15, -0.1) is 10.1 Å². The Balaban J connectivity index is -0.000000249. The fourth-order valence-corrected chi connectivity index (χ4v) is 0.188. The van der Waals surface area contributed by atoms with Crippen molar-refractivity contribution in [3.05, 3.63) is 10.1 Å². The first kappa shape index (κ1) is 18.8. The Morgan fingerprint density at radius 1 is 1.40 bits per heavy atom. The number of esters is 2. The van der Waals surface area contributed by atoms with Gasteiger partial charge in [0, 0.05) is 6.92 Å². The third-order valence-corrected chi connectivity index (χ3v) is 0.468. The van der Waals surface area contributed by atoms with Gasteiger partial charge in [0.15, 0.2) is 0 Å². The van der Waals surface area contributed by atoms with Crippen molar-refractivity contribution >= 4 is 11.9 Å². The molecule has 0 aliphatic heterocycles. The van der Waals surface area contributed by atoms with Crippen LogP contribution in [0.3, 0.4) is 0 Å². The van der Waals surface area contributed by atoms with E-state index in [4.69, 9.17) is 15.3 Å². The lowest BCUT2D eigenvalue weighted by atomic mass is 10.6. The molecule has 0 aromatic heterocycles. The summed E-state index contributed by atoms with van der Waals surface area (Å²) in [7, 11) is 0. The van der Waals surface area contributed by atoms with Crippen LogP contribution in [0.5, 0.6) is 0 Å². The lowest BCUT2D eigenvalue weighted by Crippen LogP contribution is -2.26. The van der Waals surface area contributed by atoms with Crippen molar-refractivity contribution in [1.82, 2.24) is 6.15 Å². The van der Waals surface area contributed by atoms with E-state index in [9.17, 15) is 22.8 Å². The lowest BCUT2D eigenvalue weighted by Gasteiger charge is -2.01. The third kappa shape index (κ3) is 18.8. The molecule has 8 nitrogen and oxygen atoms in total. The SMILES string of the molecule is CC(=O)OC(=O)C(F)(F)F.N.O=[N+]([O-])O. The summed E-state index contributed by atoms with van der Waals surface area (Å²) < 4.78 is 36.8. The number of rotatable bonds is 0. The van der Waals surface area contributed by atoms with Crippen molar-refractivity contribution in [3.8, 4) is 0 Å². The van der Waals surface area contributed by atoms with Crippen LogP contribution in [0, 0.1) is 10.1 Å². The molecule has 0 amide bonds. The van der Waals surface area contributed by atoms with Crippen molar-refractivity contribution < 1.29 is 37.8 Å².